The summed E-state index contributed by atoms with van der Waals surface area (Å²) in [6.45, 7) is 10.9. The fraction of sp³-hybridized carbons (Fsp3) is 1.00. The van der Waals surface area contributed by atoms with E-state index in [2.05, 4.69) is 33.0 Å². The molecule has 0 bridgehead atoms. The monoisotopic (exact) mass is 167 g/mol. The van der Waals surface area contributed by atoms with Crippen LogP contribution in [0.1, 0.15) is 47.0 Å². The van der Waals surface area contributed by atoms with Crippen LogP contribution in [0.5, 0.6) is 0 Å². The third-order valence-corrected chi connectivity index (χ3v) is 4.35. The predicted octanol–water partition coefficient (Wildman–Crippen LogP) is 2.56. The van der Waals surface area contributed by atoms with Crippen molar-refractivity contribution in [1.29, 1.82) is 0 Å². The molecule has 1 nitrogen and oxygen atoms in total. The first-order chi connectivity index (χ1) is 5.41. The van der Waals surface area contributed by atoms with Gasteiger partial charge in [0, 0.05) is 5.54 Å². The van der Waals surface area contributed by atoms with Gasteiger partial charge in [-0.15, -0.1) is 0 Å². The molecule has 0 aromatic carbocycles. The lowest BCUT2D eigenvalue weighted by Crippen LogP contribution is -2.71. The summed E-state index contributed by atoms with van der Waals surface area (Å²) in [7, 11) is 0. The van der Waals surface area contributed by atoms with Gasteiger partial charge in [0.05, 0.1) is 0 Å². The molecule has 1 aliphatic carbocycles. The molecule has 0 atom stereocenters. The van der Waals surface area contributed by atoms with E-state index in [1.165, 1.54) is 25.8 Å². The Morgan fingerprint density at radius 2 is 1.58 bits per heavy atom. The molecule has 0 aromatic rings. The van der Waals surface area contributed by atoms with E-state index in [1.807, 2.05) is 0 Å². The van der Waals surface area contributed by atoms with Crippen molar-refractivity contribution in [2.45, 2.75) is 52.5 Å². The minimum atomic E-state index is 0.458. The van der Waals surface area contributed by atoms with Gasteiger partial charge in [-0.2, -0.15) is 0 Å². The van der Waals surface area contributed by atoms with Crippen LogP contribution in [0.25, 0.3) is 0 Å². The first kappa shape index (κ1) is 8.55. The SMILES string of the molecule is CC1(C)CC(C)(C)C12CCCN2. The molecule has 12 heavy (non-hydrogen) atoms. The number of hydrogen-bond donors (Lipinski definition) is 1. The van der Waals surface area contributed by atoms with Crippen LogP contribution in [-0.4, -0.2) is 12.1 Å². The average Bonchev–Trinajstić information content (AvgIpc) is 2.31. The molecule has 2 aliphatic rings. The van der Waals surface area contributed by atoms with E-state index in [0.717, 1.165) is 0 Å². The lowest BCUT2D eigenvalue weighted by molar-refractivity contribution is -0.121. The van der Waals surface area contributed by atoms with Gasteiger partial charge in [0.1, 0.15) is 0 Å². The maximum Gasteiger partial charge on any atom is 0.0284 e. The molecule has 2 rings (SSSR count). The van der Waals surface area contributed by atoms with E-state index in [-0.39, 0.29) is 0 Å². The first-order valence-corrected chi connectivity index (χ1v) is 5.16. The van der Waals surface area contributed by atoms with Crippen LogP contribution in [0.4, 0.5) is 0 Å². The van der Waals surface area contributed by atoms with E-state index in [1.54, 1.807) is 0 Å². The second kappa shape index (κ2) is 2.06. The smallest absolute Gasteiger partial charge is 0.0284 e. The Balaban J connectivity index is 2.30. The maximum absolute atomic E-state index is 3.75. The van der Waals surface area contributed by atoms with Crippen molar-refractivity contribution >= 4 is 0 Å². The Hall–Kier alpha value is -0.0400. The van der Waals surface area contributed by atoms with Gasteiger partial charge in [0.15, 0.2) is 0 Å². The summed E-state index contributed by atoms with van der Waals surface area (Å²) < 4.78 is 0. The quantitative estimate of drug-likeness (QED) is 0.584. The Kier molecular flexibility index (Phi) is 1.47. The van der Waals surface area contributed by atoms with Gasteiger partial charge in [-0.1, -0.05) is 27.7 Å². The molecular formula is C11H21N. The van der Waals surface area contributed by atoms with Gasteiger partial charge in [-0.25, -0.2) is 0 Å². The summed E-state index contributed by atoms with van der Waals surface area (Å²) in [6, 6.07) is 0. The second-order valence-electron chi connectivity index (χ2n) is 5.88. The van der Waals surface area contributed by atoms with Gasteiger partial charge >= 0.3 is 0 Å². The maximum atomic E-state index is 3.75. The molecule has 1 heterocycles. The lowest BCUT2D eigenvalue weighted by Gasteiger charge is -2.66. The summed E-state index contributed by atoms with van der Waals surface area (Å²) in [6.07, 6.45) is 4.12. The molecule has 0 aromatic heterocycles. The van der Waals surface area contributed by atoms with E-state index < -0.39 is 0 Å². The van der Waals surface area contributed by atoms with Crippen LogP contribution in [0, 0.1) is 10.8 Å². The number of rotatable bonds is 0. The first-order valence-electron chi connectivity index (χ1n) is 5.16. The van der Waals surface area contributed by atoms with E-state index in [4.69, 9.17) is 0 Å². The number of nitrogens with one attached hydrogen (secondary N) is 1. The molecule has 0 unspecified atom stereocenters. The van der Waals surface area contributed by atoms with Crippen LogP contribution < -0.4 is 5.32 Å². The Morgan fingerprint density at radius 1 is 1.00 bits per heavy atom. The van der Waals surface area contributed by atoms with Crippen molar-refractivity contribution in [2.75, 3.05) is 6.54 Å². The lowest BCUT2D eigenvalue weighted by atomic mass is 9.42. The van der Waals surface area contributed by atoms with Crippen LogP contribution in [-0.2, 0) is 0 Å². The summed E-state index contributed by atoms with van der Waals surface area (Å²) in [5.41, 5.74) is 1.50. The van der Waals surface area contributed by atoms with Crippen molar-refractivity contribution in [3.63, 3.8) is 0 Å². The van der Waals surface area contributed by atoms with Gasteiger partial charge in [-0.05, 0) is 36.6 Å². The summed E-state index contributed by atoms with van der Waals surface area (Å²) >= 11 is 0. The summed E-state index contributed by atoms with van der Waals surface area (Å²) in [4.78, 5) is 0. The van der Waals surface area contributed by atoms with Crippen molar-refractivity contribution in [1.82, 2.24) is 5.32 Å². The van der Waals surface area contributed by atoms with Crippen LogP contribution >= 0.6 is 0 Å². The van der Waals surface area contributed by atoms with Crippen molar-refractivity contribution in [3.8, 4) is 0 Å². The molecule has 1 heteroatoms. The van der Waals surface area contributed by atoms with Crippen LogP contribution in [0.2, 0.25) is 0 Å². The van der Waals surface area contributed by atoms with Gasteiger partial charge in [-0.3, -0.25) is 0 Å². The highest BCUT2D eigenvalue weighted by Gasteiger charge is 2.65. The predicted molar refractivity (Wildman–Crippen MR) is 52.1 cm³/mol. The minimum Gasteiger partial charge on any atom is -0.310 e. The standard InChI is InChI=1S/C11H21N/c1-9(2)8-10(3,4)11(9)6-5-7-12-11/h12H,5-8H2,1-4H3. The molecule has 1 N–H and O–H groups in total. The third kappa shape index (κ3) is 0.736. The Bertz CT molecular complexity index is 181. The molecule has 0 radical (unpaired) electrons. The van der Waals surface area contributed by atoms with E-state index >= 15 is 0 Å². The van der Waals surface area contributed by atoms with E-state index in [0.29, 0.717) is 16.4 Å². The van der Waals surface area contributed by atoms with Crippen molar-refractivity contribution in [3.05, 3.63) is 0 Å². The van der Waals surface area contributed by atoms with Crippen LogP contribution in [0.3, 0.4) is 0 Å². The highest BCUT2D eigenvalue weighted by atomic mass is 15.1. The average molecular weight is 167 g/mol. The normalized spacial score (nSPS) is 35.0. The second-order valence-corrected chi connectivity index (χ2v) is 5.88. The zero-order chi connectivity index (χ0) is 9.04. The largest absolute Gasteiger partial charge is 0.310 e. The Morgan fingerprint density at radius 3 is 1.83 bits per heavy atom. The molecule has 1 saturated heterocycles. The fourth-order valence-electron chi connectivity index (χ4n) is 4.12. The zero-order valence-corrected chi connectivity index (χ0v) is 8.83. The molecule has 1 spiro atoms. The topological polar surface area (TPSA) is 12.0 Å². The van der Waals surface area contributed by atoms with E-state index in [9.17, 15) is 0 Å². The van der Waals surface area contributed by atoms with Crippen molar-refractivity contribution in [2.24, 2.45) is 10.8 Å². The molecule has 1 aliphatic heterocycles. The zero-order valence-electron chi connectivity index (χ0n) is 8.83. The molecule has 70 valence electrons. The van der Waals surface area contributed by atoms with Gasteiger partial charge < -0.3 is 5.32 Å². The third-order valence-electron chi connectivity index (χ3n) is 4.35. The molecule has 2 fully saturated rings. The minimum absolute atomic E-state index is 0.458. The van der Waals surface area contributed by atoms with Crippen molar-refractivity contribution < 1.29 is 0 Å². The molecular weight excluding hydrogens is 146 g/mol. The fourth-order valence-corrected chi connectivity index (χ4v) is 4.12. The highest BCUT2D eigenvalue weighted by molar-refractivity contribution is 5.20. The highest BCUT2D eigenvalue weighted by Crippen LogP contribution is 2.64. The molecule has 1 saturated carbocycles. The molecule has 0 amide bonds. The van der Waals surface area contributed by atoms with Crippen LogP contribution in [0.15, 0.2) is 0 Å². The van der Waals surface area contributed by atoms with Gasteiger partial charge in [0.25, 0.3) is 0 Å². The number of hydrogen-bond acceptors (Lipinski definition) is 1. The summed E-state index contributed by atoms with van der Waals surface area (Å²) in [5, 5.41) is 3.75. The van der Waals surface area contributed by atoms with Gasteiger partial charge in [0.2, 0.25) is 0 Å². The summed E-state index contributed by atoms with van der Waals surface area (Å²) in [5.74, 6) is 0. The Labute approximate surface area is 75.9 Å².